The predicted octanol–water partition coefficient (Wildman–Crippen LogP) is 2.17. The molecule has 0 radical (unpaired) electrons. The maximum atomic E-state index is 11.8. The van der Waals surface area contributed by atoms with Gasteiger partial charge in [-0.1, -0.05) is 25.1 Å². The number of hydrogen-bond donors (Lipinski definition) is 1. The van der Waals surface area contributed by atoms with E-state index in [1.165, 1.54) is 0 Å². The fourth-order valence-corrected chi connectivity index (χ4v) is 1.73. The predicted molar refractivity (Wildman–Crippen MR) is 75.4 cm³/mol. The Labute approximate surface area is 115 Å². The number of hydrogen-bond acceptors (Lipinski definition) is 3. The molecular weight excluding hydrogens is 242 g/mol. The summed E-state index contributed by atoms with van der Waals surface area (Å²) in [6.07, 6.45) is 1.20. The third kappa shape index (κ3) is 5.30. The van der Waals surface area contributed by atoms with E-state index in [1.807, 2.05) is 24.3 Å². The van der Waals surface area contributed by atoms with Gasteiger partial charge in [-0.2, -0.15) is 0 Å². The van der Waals surface area contributed by atoms with E-state index in [1.54, 1.807) is 14.0 Å². The molecule has 0 unspecified atom stereocenters. The van der Waals surface area contributed by atoms with E-state index in [9.17, 15) is 4.79 Å². The first-order valence-corrected chi connectivity index (χ1v) is 6.70. The molecule has 4 nitrogen and oxygen atoms in total. The molecule has 0 spiro atoms. The summed E-state index contributed by atoms with van der Waals surface area (Å²) < 4.78 is 10.6. The monoisotopic (exact) mass is 265 g/mol. The van der Waals surface area contributed by atoms with Gasteiger partial charge in [0.05, 0.1) is 0 Å². The lowest BCUT2D eigenvalue weighted by molar-refractivity contribution is -0.127. The fraction of sp³-hybridized carbons (Fsp3) is 0.533. The number of carbonyl (C=O) groups is 1. The van der Waals surface area contributed by atoms with Gasteiger partial charge < -0.3 is 14.8 Å². The van der Waals surface area contributed by atoms with Crippen LogP contribution in [0.25, 0.3) is 0 Å². The number of para-hydroxylation sites is 1. The molecule has 4 heteroatoms. The van der Waals surface area contributed by atoms with Gasteiger partial charge >= 0.3 is 0 Å². The van der Waals surface area contributed by atoms with E-state index in [-0.39, 0.29) is 5.91 Å². The van der Waals surface area contributed by atoms with Crippen molar-refractivity contribution in [1.82, 2.24) is 5.32 Å². The van der Waals surface area contributed by atoms with Crippen LogP contribution in [0.1, 0.15) is 25.8 Å². The molecule has 0 heterocycles. The number of aryl methyl sites for hydroxylation is 1. The van der Waals surface area contributed by atoms with Crippen molar-refractivity contribution in [3.8, 4) is 5.75 Å². The van der Waals surface area contributed by atoms with Crippen LogP contribution in [0.3, 0.4) is 0 Å². The lowest BCUT2D eigenvalue weighted by atomic mass is 10.1. The summed E-state index contributed by atoms with van der Waals surface area (Å²) in [5, 5.41) is 2.83. The van der Waals surface area contributed by atoms with Crippen LogP contribution < -0.4 is 10.1 Å². The van der Waals surface area contributed by atoms with Gasteiger partial charge in [0.15, 0.2) is 6.10 Å². The Kier molecular flexibility index (Phi) is 6.97. The average molecular weight is 265 g/mol. The normalized spacial score (nSPS) is 11.9. The highest BCUT2D eigenvalue weighted by molar-refractivity contribution is 5.80. The lowest BCUT2D eigenvalue weighted by Gasteiger charge is -2.16. The van der Waals surface area contributed by atoms with Gasteiger partial charge in [0.1, 0.15) is 5.75 Å². The molecule has 0 saturated carbocycles. The smallest absolute Gasteiger partial charge is 0.260 e. The first-order chi connectivity index (χ1) is 9.19. The Morgan fingerprint density at radius 1 is 1.37 bits per heavy atom. The largest absolute Gasteiger partial charge is 0.481 e. The average Bonchev–Trinajstić information content (AvgIpc) is 2.44. The van der Waals surface area contributed by atoms with Crippen LogP contribution in [0.4, 0.5) is 0 Å². The highest BCUT2D eigenvalue weighted by atomic mass is 16.5. The number of ether oxygens (including phenoxy) is 2. The van der Waals surface area contributed by atoms with Gasteiger partial charge in [-0.05, 0) is 31.4 Å². The van der Waals surface area contributed by atoms with E-state index < -0.39 is 6.10 Å². The SMILES string of the molecule is CCc1ccccc1O[C@H](C)C(=O)NCCCOC. The van der Waals surface area contributed by atoms with Crippen molar-refractivity contribution in [2.75, 3.05) is 20.3 Å². The van der Waals surface area contributed by atoms with E-state index in [2.05, 4.69) is 12.2 Å². The molecule has 1 aromatic carbocycles. The first kappa shape index (κ1) is 15.5. The van der Waals surface area contributed by atoms with Crippen LogP contribution in [0, 0.1) is 0 Å². The Hall–Kier alpha value is -1.55. The number of benzene rings is 1. The fourth-order valence-electron chi connectivity index (χ4n) is 1.73. The van der Waals surface area contributed by atoms with Crippen molar-refractivity contribution < 1.29 is 14.3 Å². The highest BCUT2D eigenvalue weighted by Gasteiger charge is 2.15. The maximum absolute atomic E-state index is 11.8. The second-order valence-electron chi connectivity index (χ2n) is 4.36. The summed E-state index contributed by atoms with van der Waals surface area (Å²) >= 11 is 0. The number of carbonyl (C=O) groups excluding carboxylic acids is 1. The minimum atomic E-state index is -0.491. The number of methoxy groups -OCH3 is 1. The molecule has 19 heavy (non-hydrogen) atoms. The zero-order valence-electron chi connectivity index (χ0n) is 11.9. The first-order valence-electron chi connectivity index (χ1n) is 6.70. The van der Waals surface area contributed by atoms with E-state index in [4.69, 9.17) is 9.47 Å². The highest BCUT2D eigenvalue weighted by Crippen LogP contribution is 2.19. The summed E-state index contributed by atoms with van der Waals surface area (Å²) in [6.45, 7) is 5.08. The molecule has 1 rings (SSSR count). The standard InChI is InChI=1S/C15H23NO3/c1-4-13-8-5-6-9-14(13)19-12(2)15(17)16-10-7-11-18-3/h5-6,8-9,12H,4,7,10-11H2,1-3H3,(H,16,17)/t12-/m1/s1. The molecule has 0 aliphatic heterocycles. The molecule has 0 bridgehead atoms. The molecule has 1 amide bonds. The Morgan fingerprint density at radius 3 is 2.79 bits per heavy atom. The quantitative estimate of drug-likeness (QED) is 0.733. The van der Waals surface area contributed by atoms with Crippen molar-refractivity contribution in [3.63, 3.8) is 0 Å². The molecule has 0 saturated heterocycles. The Morgan fingerprint density at radius 2 is 2.11 bits per heavy atom. The van der Waals surface area contributed by atoms with E-state index in [0.29, 0.717) is 13.2 Å². The summed E-state index contributed by atoms with van der Waals surface area (Å²) in [4.78, 5) is 11.8. The van der Waals surface area contributed by atoms with Crippen LogP contribution in [-0.2, 0) is 16.0 Å². The summed E-state index contributed by atoms with van der Waals surface area (Å²) in [5.74, 6) is 0.687. The topological polar surface area (TPSA) is 47.6 Å². The molecule has 0 aromatic heterocycles. The van der Waals surface area contributed by atoms with Crippen molar-refractivity contribution >= 4 is 5.91 Å². The third-order valence-electron chi connectivity index (χ3n) is 2.85. The van der Waals surface area contributed by atoms with Crippen LogP contribution in [-0.4, -0.2) is 32.3 Å². The molecular formula is C15H23NO3. The third-order valence-corrected chi connectivity index (χ3v) is 2.85. The maximum Gasteiger partial charge on any atom is 0.260 e. The number of nitrogens with one attached hydrogen (secondary N) is 1. The summed E-state index contributed by atoms with van der Waals surface area (Å²) in [7, 11) is 1.65. The molecule has 106 valence electrons. The van der Waals surface area contributed by atoms with Gasteiger partial charge in [0.25, 0.3) is 5.91 Å². The summed E-state index contributed by atoms with van der Waals surface area (Å²) in [6, 6.07) is 7.80. The number of rotatable bonds is 8. The molecule has 1 atom stereocenters. The zero-order valence-corrected chi connectivity index (χ0v) is 11.9. The molecule has 0 fully saturated rings. The van der Waals surface area contributed by atoms with Crippen LogP contribution in [0.2, 0.25) is 0 Å². The molecule has 1 aromatic rings. The van der Waals surface area contributed by atoms with Gasteiger partial charge in [-0.3, -0.25) is 4.79 Å². The lowest BCUT2D eigenvalue weighted by Crippen LogP contribution is -2.37. The second-order valence-corrected chi connectivity index (χ2v) is 4.36. The van der Waals surface area contributed by atoms with Crippen LogP contribution in [0.5, 0.6) is 5.75 Å². The van der Waals surface area contributed by atoms with Crippen molar-refractivity contribution in [2.24, 2.45) is 0 Å². The van der Waals surface area contributed by atoms with E-state index >= 15 is 0 Å². The van der Waals surface area contributed by atoms with Crippen molar-refractivity contribution in [1.29, 1.82) is 0 Å². The van der Waals surface area contributed by atoms with Gasteiger partial charge in [-0.15, -0.1) is 0 Å². The minimum Gasteiger partial charge on any atom is -0.481 e. The second kappa shape index (κ2) is 8.53. The molecule has 1 N–H and O–H groups in total. The van der Waals surface area contributed by atoms with Crippen molar-refractivity contribution in [3.05, 3.63) is 29.8 Å². The van der Waals surface area contributed by atoms with Gasteiger partial charge in [0, 0.05) is 20.3 Å². The minimum absolute atomic E-state index is 0.0954. The van der Waals surface area contributed by atoms with Crippen LogP contribution >= 0.6 is 0 Å². The van der Waals surface area contributed by atoms with Gasteiger partial charge in [0.2, 0.25) is 0 Å². The summed E-state index contributed by atoms with van der Waals surface area (Å²) in [5.41, 5.74) is 1.11. The zero-order chi connectivity index (χ0) is 14.1. The molecule has 0 aliphatic carbocycles. The molecule has 0 aliphatic rings. The number of amides is 1. The van der Waals surface area contributed by atoms with Crippen molar-refractivity contribution in [2.45, 2.75) is 32.8 Å². The van der Waals surface area contributed by atoms with E-state index in [0.717, 1.165) is 24.2 Å². The van der Waals surface area contributed by atoms with Crippen LogP contribution in [0.15, 0.2) is 24.3 Å². The van der Waals surface area contributed by atoms with Gasteiger partial charge in [-0.25, -0.2) is 0 Å². The Balaban J connectivity index is 2.45. The Bertz CT molecular complexity index is 393.